The standard InChI is InChI=1S/C10H17BrN2O3/c1-16-7-9(14)12-8-2-4-13(5-3-8)10(15)6-11/h8H,2-7H2,1H3,(H,12,14). The van der Waals surface area contributed by atoms with Crippen LogP contribution in [-0.2, 0) is 14.3 Å². The second kappa shape index (κ2) is 6.85. The molecule has 92 valence electrons. The molecule has 0 spiro atoms. The topological polar surface area (TPSA) is 58.6 Å². The van der Waals surface area contributed by atoms with Gasteiger partial charge in [0.25, 0.3) is 0 Å². The zero-order chi connectivity index (χ0) is 12.0. The molecule has 0 aliphatic carbocycles. The number of nitrogens with one attached hydrogen (secondary N) is 1. The van der Waals surface area contributed by atoms with E-state index in [0.717, 1.165) is 12.8 Å². The van der Waals surface area contributed by atoms with Gasteiger partial charge in [0.2, 0.25) is 11.8 Å². The van der Waals surface area contributed by atoms with Crippen molar-refractivity contribution in [2.24, 2.45) is 0 Å². The van der Waals surface area contributed by atoms with E-state index >= 15 is 0 Å². The monoisotopic (exact) mass is 292 g/mol. The fraction of sp³-hybridized carbons (Fsp3) is 0.800. The Balaban J connectivity index is 2.26. The number of hydrogen-bond acceptors (Lipinski definition) is 3. The van der Waals surface area contributed by atoms with Crippen LogP contribution >= 0.6 is 15.9 Å². The molecule has 0 radical (unpaired) electrons. The third kappa shape index (κ3) is 4.09. The first-order chi connectivity index (χ1) is 7.67. The highest BCUT2D eigenvalue weighted by Gasteiger charge is 2.22. The number of ether oxygens (including phenoxy) is 1. The van der Waals surface area contributed by atoms with Gasteiger partial charge in [-0.15, -0.1) is 0 Å². The van der Waals surface area contributed by atoms with Crippen molar-refractivity contribution in [1.82, 2.24) is 10.2 Å². The maximum Gasteiger partial charge on any atom is 0.246 e. The smallest absolute Gasteiger partial charge is 0.246 e. The lowest BCUT2D eigenvalue weighted by molar-refractivity contribution is -0.129. The molecule has 5 nitrogen and oxygen atoms in total. The van der Waals surface area contributed by atoms with E-state index in [1.54, 1.807) is 0 Å². The molecule has 6 heteroatoms. The molecule has 0 aromatic rings. The number of nitrogens with zero attached hydrogens (tertiary/aromatic N) is 1. The van der Waals surface area contributed by atoms with Crippen molar-refractivity contribution in [2.75, 3.05) is 32.1 Å². The molecule has 2 amide bonds. The molecule has 0 saturated carbocycles. The van der Waals surface area contributed by atoms with Gasteiger partial charge < -0.3 is 15.0 Å². The Morgan fingerprint density at radius 3 is 2.56 bits per heavy atom. The van der Waals surface area contributed by atoms with Crippen LogP contribution in [0, 0.1) is 0 Å². The molecule has 1 aliphatic rings. The third-order valence-electron chi connectivity index (χ3n) is 2.60. The average molecular weight is 293 g/mol. The fourth-order valence-electron chi connectivity index (χ4n) is 1.76. The number of carbonyl (C=O) groups excluding carboxylic acids is 2. The summed E-state index contributed by atoms with van der Waals surface area (Å²) in [5, 5.41) is 3.25. The quantitative estimate of drug-likeness (QED) is 0.750. The Hall–Kier alpha value is -0.620. The predicted octanol–water partition coefficient (Wildman–Crippen LogP) is 0.135. The Morgan fingerprint density at radius 1 is 1.44 bits per heavy atom. The summed E-state index contributed by atoms with van der Waals surface area (Å²) in [6.07, 6.45) is 1.63. The van der Waals surface area contributed by atoms with Crippen LogP contribution in [0.1, 0.15) is 12.8 Å². The minimum atomic E-state index is -0.0900. The van der Waals surface area contributed by atoms with Gasteiger partial charge in [0.1, 0.15) is 6.61 Å². The minimum Gasteiger partial charge on any atom is -0.375 e. The number of hydrogen-bond donors (Lipinski definition) is 1. The van der Waals surface area contributed by atoms with Gasteiger partial charge >= 0.3 is 0 Å². The zero-order valence-corrected chi connectivity index (χ0v) is 11.0. The first kappa shape index (κ1) is 13.4. The van der Waals surface area contributed by atoms with Crippen LogP contribution < -0.4 is 5.32 Å². The number of alkyl halides is 1. The average Bonchev–Trinajstić information content (AvgIpc) is 2.29. The number of halogens is 1. The summed E-state index contributed by atoms with van der Waals surface area (Å²) in [6, 6.07) is 0.169. The molecular weight excluding hydrogens is 276 g/mol. The SMILES string of the molecule is COCC(=O)NC1CCN(C(=O)CBr)CC1. The summed E-state index contributed by atoms with van der Waals surface area (Å²) in [6.45, 7) is 1.52. The van der Waals surface area contributed by atoms with Crippen molar-refractivity contribution in [3.63, 3.8) is 0 Å². The van der Waals surface area contributed by atoms with Crippen LogP contribution in [0.15, 0.2) is 0 Å². The van der Waals surface area contributed by atoms with Crippen LogP contribution in [0.3, 0.4) is 0 Å². The van der Waals surface area contributed by atoms with Gasteiger partial charge in [0.05, 0.1) is 5.33 Å². The van der Waals surface area contributed by atoms with E-state index in [2.05, 4.69) is 21.2 Å². The number of methoxy groups -OCH3 is 1. The molecule has 0 atom stereocenters. The van der Waals surface area contributed by atoms with E-state index in [1.807, 2.05) is 4.90 Å². The summed E-state index contributed by atoms with van der Waals surface area (Å²) in [4.78, 5) is 24.4. The maximum absolute atomic E-state index is 11.4. The number of likely N-dealkylation sites (tertiary alicyclic amines) is 1. The fourth-order valence-corrected chi connectivity index (χ4v) is 2.11. The van der Waals surface area contributed by atoms with Crippen LogP contribution in [0.4, 0.5) is 0 Å². The second-order valence-electron chi connectivity index (χ2n) is 3.79. The summed E-state index contributed by atoms with van der Waals surface area (Å²) >= 11 is 3.15. The largest absolute Gasteiger partial charge is 0.375 e. The van der Waals surface area contributed by atoms with Crippen molar-refractivity contribution in [2.45, 2.75) is 18.9 Å². The molecule has 1 saturated heterocycles. The van der Waals surface area contributed by atoms with E-state index in [4.69, 9.17) is 4.74 Å². The lowest BCUT2D eigenvalue weighted by Gasteiger charge is -2.32. The van der Waals surface area contributed by atoms with Crippen LogP contribution in [0.5, 0.6) is 0 Å². The van der Waals surface area contributed by atoms with E-state index in [1.165, 1.54) is 7.11 Å². The van der Waals surface area contributed by atoms with E-state index < -0.39 is 0 Å². The van der Waals surface area contributed by atoms with E-state index in [-0.39, 0.29) is 24.5 Å². The highest BCUT2D eigenvalue weighted by Crippen LogP contribution is 2.11. The highest BCUT2D eigenvalue weighted by molar-refractivity contribution is 9.09. The molecule has 1 N–H and O–H groups in total. The van der Waals surface area contributed by atoms with E-state index in [0.29, 0.717) is 18.4 Å². The number of amides is 2. The molecule has 0 aromatic heterocycles. The van der Waals surface area contributed by atoms with Crippen molar-refractivity contribution >= 4 is 27.7 Å². The van der Waals surface area contributed by atoms with E-state index in [9.17, 15) is 9.59 Å². The third-order valence-corrected chi connectivity index (χ3v) is 3.08. The Bertz CT molecular complexity index is 252. The summed E-state index contributed by atoms with van der Waals surface area (Å²) < 4.78 is 4.74. The van der Waals surface area contributed by atoms with Gasteiger partial charge in [0.15, 0.2) is 0 Å². The molecule has 1 heterocycles. The van der Waals surface area contributed by atoms with Gasteiger partial charge in [-0.3, -0.25) is 9.59 Å². The van der Waals surface area contributed by atoms with Crippen molar-refractivity contribution in [3.8, 4) is 0 Å². The summed E-state index contributed by atoms with van der Waals surface area (Å²) in [7, 11) is 1.50. The first-order valence-electron chi connectivity index (χ1n) is 5.29. The summed E-state index contributed by atoms with van der Waals surface area (Å²) in [5.74, 6) is 0.0226. The van der Waals surface area contributed by atoms with Crippen molar-refractivity contribution in [3.05, 3.63) is 0 Å². The van der Waals surface area contributed by atoms with Crippen molar-refractivity contribution in [1.29, 1.82) is 0 Å². The highest BCUT2D eigenvalue weighted by atomic mass is 79.9. The maximum atomic E-state index is 11.4. The van der Waals surface area contributed by atoms with Gasteiger partial charge in [-0.25, -0.2) is 0 Å². The van der Waals surface area contributed by atoms with Crippen LogP contribution in [0.25, 0.3) is 0 Å². The molecule has 16 heavy (non-hydrogen) atoms. The Kier molecular flexibility index (Phi) is 5.76. The zero-order valence-electron chi connectivity index (χ0n) is 9.37. The molecule has 0 aromatic carbocycles. The van der Waals surface area contributed by atoms with Crippen LogP contribution in [0.2, 0.25) is 0 Å². The molecule has 1 fully saturated rings. The van der Waals surface area contributed by atoms with Gasteiger partial charge in [-0.2, -0.15) is 0 Å². The molecular formula is C10H17BrN2O3. The summed E-state index contributed by atoms with van der Waals surface area (Å²) in [5.41, 5.74) is 0. The number of piperidine rings is 1. The Morgan fingerprint density at radius 2 is 2.06 bits per heavy atom. The second-order valence-corrected chi connectivity index (χ2v) is 4.35. The van der Waals surface area contributed by atoms with Gasteiger partial charge in [-0.1, -0.05) is 15.9 Å². The lowest BCUT2D eigenvalue weighted by atomic mass is 10.1. The molecule has 0 bridgehead atoms. The molecule has 0 unspecified atom stereocenters. The Labute approximate surface area is 104 Å². The van der Waals surface area contributed by atoms with Crippen molar-refractivity contribution < 1.29 is 14.3 Å². The number of carbonyl (C=O) groups is 2. The minimum absolute atomic E-state index is 0.0900. The van der Waals surface area contributed by atoms with Gasteiger partial charge in [-0.05, 0) is 12.8 Å². The predicted molar refractivity (Wildman–Crippen MR) is 63.4 cm³/mol. The molecule has 1 rings (SSSR count). The lowest BCUT2D eigenvalue weighted by Crippen LogP contribution is -2.47. The number of rotatable bonds is 4. The first-order valence-corrected chi connectivity index (χ1v) is 6.41. The molecule has 1 aliphatic heterocycles. The normalized spacial score (nSPS) is 17.2. The van der Waals surface area contributed by atoms with Crippen LogP contribution in [-0.4, -0.2) is 54.9 Å². The van der Waals surface area contributed by atoms with Gasteiger partial charge in [0, 0.05) is 26.2 Å².